The number of likely N-dealkylation sites (tertiary alicyclic amines) is 1. The molecule has 2 heterocycles. The van der Waals surface area contributed by atoms with Gasteiger partial charge in [-0.15, -0.1) is 0 Å². The number of nitrogens with zero attached hydrogens (tertiary/aromatic N) is 2. The second-order valence-electron chi connectivity index (χ2n) is 6.59. The summed E-state index contributed by atoms with van der Waals surface area (Å²) < 4.78 is 0. The highest BCUT2D eigenvalue weighted by Crippen LogP contribution is 2.38. The van der Waals surface area contributed by atoms with Crippen molar-refractivity contribution in [3.63, 3.8) is 0 Å². The lowest BCUT2D eigenvalue weighted by molar-refractivity contribution is -0.128. The maximum atomic E-state index is 12.0. The fourth-order valence-corrected chi connectivity index (χ4v) is 4.60. The van der Waals surface area contributed by atoms with Gasteiger partial charge in [0.15, 0.2) is 5.17 Å². The average Bonchev–Trinajstić information content (AvgIpc) is 3.10. The van der Waals surface area contributed by atoms with Crippen LogP contribution in [0.5, 0.6) is 0 Å². The average molecular weight is 295 g/mol. The summed E-state index contributed by atoms with van der Waals surface area (Å²) in [5.74, 6) is 2.18. The molecule has 2 aliphatic heterocycles. The van der Waals surface area contributed by atoms with E-state index in [2.05, 4.69) is 17.2 Å². The second-order valence-corrected chi connectivity index (χ2v) is 7.55. The molecule has 1 N–H and O–H groups in total. The normalized spacial score (nSPS) is 35.8. The minimum Gasteiger partial charge on any atom is -0.359 e. The topological polar surface area (TPSA) is 44.7 Å². The summed E-state index contributed by atoms with van der Waals surface area (Å²) in [6, 6.07) is 0. The molecule has 1 aliphatic carbocycles. The molecule has 20 heavy (non-hydrogen) atoms. The highest BCUT2D eigenvalue weighted by molar-refractivity contribution is 8.14. The summed E-state index contributed by atoms with van der Waals surface area (Å²) in [6.07, 6.45) is 7.43. The van der Waals surface area contributed by atoms with E-state index in [1.54, 1.807) is 11.8 Å². The lowest BCUT2D eigenvalue weighted by atomic mass is 9.78. The van der Waals surface area contributed by atoms with Crippen LogP contribution in [0, 0.1) is 5.92 Å². The maximum absolute atomic E-state index is 12.0. The molecule has 5 heteroatoms. The first-order chi connectivity index (χ1) is 9.67. The molecule has 0 atom stereocenters. The minimum absolute atomic E-state index is 0.190. The lowest BCUT2D eigenvalue weighted by Crippen LogP contribution is -2.46. The molecule has 112 valence electrons. The van der Waals surface area contributed by atoms with Gasteiger partial charge in [-0.25, -0.2) is 0 Å². The molecule has 3 fully saturated rings. The van der Waals surface area contributed by atoms with Gasteiger partial charge in [-0.3, -0.25) is 9.79 Å². The van der Waals surface area contributed by atoms with E-state index in [9.17, 15) is 4.79 Å². The van der Waals surface area contributed by atoms with Gasteiger partial charge in [0.1, 0.15) is 6.54 Å². The van der Waals surface area contributed by atoms with Crippen molar-refractivity contribution in [1.29, 1.82) is 0 Å². The molecule has 0 bridgehead atoms. The van der Waals surface area contributed by atoms with Crippen LogP contribution in [0.1, 0.15) is 45.4 Å². The number of rotatable bonds is 2. The number of carbonyl (C=O) groups excluding carboxylic acids is 1. The highest BCUT2D eigenvalue weighted by atomic mass is 32.2. The third kappa shape index (κ3) is 3.13. The summed E-state index contributed by atoms with van der Waals surface area (Å²) >= 11 is 1.80. The molecule has 0 radical (unpaired) electrons. The first-order valence-electron chi connectivity index (χ1n) is 7.90. The Morgan fingerprint density at radius 3 is 2.80 bits per heavy atom. The molecule has 3 aliphatic rings. The standard InChI is InChI=1S/C15H25N3OS/c1-12-4-6-15(7-5-12)11-20-14(17-15)16-10-13(19)18-8-2-3-9-18/h12H,2-11H2,1H3,(H,16,17). The predicted octanol–water partition coefficient (Wildman–Crippen LogP) is 2.25. The van der Waals surface area contributed by atoms with Gasteiger partial charge in [-0.05, 0) is 44.4 Å². The number of amides is 1. The third-order valence-electron chi connectivity index (χ3n) is 4.91. The van der Waals surface area contributed by atoms with Crippen LogP contribution < -0.4 is 5.32 Å². The monoisotopic (exact) mass is 295 g/mol. The Hall–Kier alpha value is -0.710. The highest BCUT2D eigenvalue weighted by Gasteiger charge is 2.39. The summed E-state index contributed by atoms with van der Waals surface area (Å²) in [5, 5.41) is 4.61. The number of carbonyl (C=O) groups is 1. The summed E-state index contributed by atoms with van der Waals surface area (Å²) in [5.41, 5.74) is 0.271. The van der Waals surface area contributed by atoms with Gasteiger partial charge < -0.3 is 10.2 Å². The Bertz CT molecular complexity index is 396. The predicted molar refractivity (Wildman–Crippen MR) is 84.1 cm³/mol. The summed E-state index contributed by atoms with van der Waals surface area (Å²) in [6.45, 7) is 4.51. The van der Waals surface area contributed by atoms with Crippen LogP contribution in [0.15, 0.2) is 4.99 Å². The zero-order chi connectivity index (χ0) is 14.0. The molecule has 0 aromatic carbocycles. The van der Waals surface area contributed by atoms with Crippen LogP contribution in [0.3, 0.4) is 0 Å². The van der Waals surface area contributed by atoms with Crippen LogP contribution in [0.2, 0.25) is 0 Å². The van der Waals surface area contributed by atoms with Crippen molar-refractivity contribution >= 4 is 22.8 Å². The summed E-state index contributed by atoms with van der Waals surface area (Å²) in [4.78, 5) is 18.5. The Labute approximate surface area is 125 Å². The first-order valence-corrected chi connectivity index (χ1v) is 8.89. The van der Waals surface area contributed by atoms with Crippen molar-refractivity contribution in [3.05, 3.63) is 0 Å². The Morgan fingerprint density at radius 2 is 2.10 bits per heavy atom. The van der Waals surface area contributed by atoms with Crippen LogP contribution in [0.25, 0.3) is 0 Å². The van der Waals surface area contributed by atoms with Gasteiger partial charge in [-0.2, -0.15) is 0 Å². The molecule has 1 spiro atoms. The zero-order valence-electron chi connectivity index (χ0n) is 12.4. The van der Waals surface area contributed by atoms with Crippen molar-refractivity contribution in [1.82, 2.24) is 10.2 Å². The van der Waals surface area contributed by atoms with Crippen LogP contribution in [0.4, 0.5) is 0 Å². The molecule has 1 amide bonds. The molecule has 0 aromatic heterocycles. The van der Waals surface area contributed by atoms with Crippen molar-refractivity contribution in [3.8, 4) is 0 Å². The largest absolute Gasteiger partial charge is 0.359 e. The molecule has 0 aromatic rings. The fraction of sp³-hybridized carbons (Fsp3) is 0.867. The van der Waals surface area contributed by atoms with Crippen LogP contribution >= 0.6 is 11.8 Å². The number of nitrogens with one attached hydrogen (secondary N) is 1. The molecule has 4 nitrogen and oxygen atoms in total. The number of amidine groups is 1. The van der Waals surface area contributed by atoms with E-state index in [0.717, 1.165) is 42.8 Å². The smallest absolute Gasteiger partial charge is 0.244 e. The number of aliphatic imine (C=N–C) groups is 1. The van der Waals surface area contributed by atoms with Crippen molar-refractivity contribution < 1.29 is 4.79 Å². The molecule has 1 saturated carbocycles. The Morgan fingerprint density at radius 1 is 1.40 bits per heavy atom. The van der Waals surface area contributed by atoms with Gasteiger partial charge in [-0.1, -0.05) is 18.7 Å². The molecule has 0 unspecified atom stereocenters. The van der Waals surface area contributed by atoms with Gasteiger partial charge >= 0.3 is 0 Å². The van der Waals surface area contributed by atoms with E-state index in [0.29, 0.717) is 6.54 Å². The van der Waals surface area contributed by atoms with Gasteiger partial charge in [0.05, 0.1) is 0 Å². The fourth-order valence-electron chi connectivity index (χ4n) is 3.38. The second kappa shape index (κ2) is 5.96. The third-order valence-corrected chi connectivity index (χ3v) is 6.11. The van der Waals surface area contributed by atoms with Crippen LogP contribution in [-0.4, -0.2) is 46.9 Å². The molecule has 3 rings (SSSR count). The van der Waals surface area contributed by atoms with Crippen LogP contribution in [-0.2, 0) is 4.79 Å². The quantitative estimate of drug-likeness (QED) is 0.850. The minimum atomic E-state index is 0.190. The SMILES string of the molecule is CC1CCC2(CC1)CSC(=NCC(=O)N1CCCC1)N2. The van der Waals surface area contributed by atoms with Gasteiger partial charge in [0.2, 0.25) is 5.91 Å². The lowest BCUT2D eigenvalue weighted by Gasteiger charge is -2.35. The van der Waals surface area contributed by atoms with Crippen molar-refractivity contribution in [2.75, 3.05) is 25.4 Å². The Balaban J connectivity index is 1.51. The molecule has 2 saturated heterocycles. The number of hydrogen-bond donors (Lipinski definition) is 1. The first kappa shape index (κ1) is 14.2. The maximum Gasteiger partial charge on any atom is 0.244 e. The Kier molecular flexibility index (Phi) is 4.24. The molecular weight excluding hydrogens is 270 g/mol. The van der Waals surface area contributed by atoms with Gasteiger partial charge in [0, 0.05) is 24.4 Å². The van der Waals surface area contributed by atoms with Crippen molar-refractivity contribution in [2.24, 2.45) is 10.9 Å². The zero-order valence-corrected chi connectivity index (χ0v) is 13.2. The van der Waals surface area contributed by atoms with E-state index in [-0.39, 0.29) is 11.4 Å². The summed E-state index contributed by atoms with van der Waals surface area (Å²) in [7, 11) is 0. The van der Waals surface area contributed by atoms with E-state index < -0.39 is 0 Å². The van der Waals surface area contributed by atoms with E-state index in [1.165, 1.54) is 25.7 Å². The molecular formula is C15H25N3OS. The van der Waals surface area contributed by atoms with Crippen molar-refractivity contribution in [2.45, 2.75) is 51.0 Å². The van der Waals surface area contributed by atoms with E-state index in [1.807, 2.05) is 4.90 Å². The number of thioether (sulfide) groups is 1. The van der Waals surface area contributed by atoms with E-state index >= 15 is 0 Å². The van der Waals surface area contributed by atoms with Gasteiger partial charge in [0.25, 0.3) is 0 Å². The number of hydrogen-bond acceptors (Lipinski definition) is 3. The van der Waals surface area contributed by atoms with E-state index in [4.69, 9.17) is 0 Å².